The second kappa shape index (κ2) is 2.81. The molecular formula is C11H15N. The van der Waals surface area contributed by atoms with E-state index in [0.29, 0.717) is 0 Å². The minimum absolute atomic E-state index is 1.10. The molecule has 12 heavy (non-hydrogen) atoms. The van der Waals surface area contributed by atoms with Crippen LogP contribution in [-0.4, -0.2) is 0 Å². The summed E-state index contributed by atoms with van der Waals surface area (Å²) in [5.41, 5.74) is 5.62. The van der Waals surface area contributed by atoms with Gasteiger partial charge >= 0.3 is 0 Å². The van der Waals surface area contributed by atoms with Crippen molar-refractivity contribution in [2.24, 2.45) is 0 Å². The third kappa shape index (κ3) is 1.31. The molecule has 1 aliphatic heterocycles. The van der Waals surface area contributed by atoms with Gasteiger partial charge in [-0.05, 0) is 38.2 Å². The van der Waals surface area contributed by atoms with Crippen LogP contribution in [0.2, 0.25) is 0 Å². The maximum atomic E-state index is 3.96. The summed E-state index contributed by atoms with van der Waals surface area (Å²) < 4.78 is 0. The lowest BCUT2D eigenvalue weighted by Gasteiger charge is -2.25. The molecule has 1 aliphatic carbocycles. The van der Waals surface area contributed by atoms with Gasteiger partial charge in [0.1, 0.15) is 0 Å². The molecule has 2 rings (SSSR count). The van der Waals surface area contributed by atoms with Crippen molar-refractivity contribution in [3.8, 4) is 0 Å². The van der Waals surface area contributed by atoms with Crippen molar-refractivity contribution < 1.29 is 0 Å². The minimum atomic E-state index is 1.10. The molecule has 0 fully saturated rings. The summed E-state index contributed by atoms with van der Waals surface area (Å²) in [6, 6.07) is 0. The molecule has 0 amide bonds. The van der Waals surface area contributed by atoms with Gasteiger partial charge in [0.05, 0.1) is 0 Å². The molecule has 2 aliphatic rings. The molecule has 0 radical (unpaired) electrons. The molecule has 0 aromatic heterocycles. The number of nitrogens with one attached hydrogen (secondary N) is 1. The van der Waals surface area contributed by atoms with Gasteiger partial charge < -0.3 is 5.32 Å². The average molecular weight is 161 g/mol. The Morgan fingerprint density at radius 1 is 1.25 bits per heavy atom. The highest BCUT2D eigenvalue weighted by molar-refractivity contribution is 5.36. The van der Waals surface area contributed by atoms with Crippen LogP contribution in [0.25, 0.3) is 0 Å². The Morgan fingerprint density at radius 2 is 2.08 bits per heavy atom. The van der Waals surface area contributed by atoms with E-state index in [4.69, 9.17) is 0 Å². The van der Waals surface area contributed by atoms with Crippen LogP contribution in [-0.2, 0) is 0 Å². The Kier molecular flexibility index (Phi) is 1.80. The Bertz CT molecular complexity index is 281. The van der Waals surface area contributed by atoms with Crippen LogP contribution in [0, 0.1) is 0 Å². The van der Waals surface area contributed by atoms with E-state index < -0.39 is 0 Å². The maximum absolute atomic E-state index is 3.96. The molecule has 0 bridgehead atoms. The molecule has 0 saturated heterocycles. The van der Waals surface area contributed by atoms with Gasteiger partial charge in [-0.15, -0.1) is 0 Å². The smallest absolute Gasteiger partial charge is 0.0184 e. The zero-order valence-corrected chi connectivity index (χ0v) is 7.61. The van der Waals surface area contributed by atoms with E-state index in [9.17, 15) is 0 Å². The second-order valence-corrected chi connectivity index (χ2v) is 3.72. The SMILES string of the molecule is C=C1CCC2=C(CCC(C)=C2)N1. The Morgan fingerprint density at radius 3 is 2.92 bits per heavy atom. The number of rotatable bonds is 0. The fourth-order valence-electron chi connectivity index (χ4n) is 1.87. The summed E-state index contributed by atoms with van der Waals surface area (Å²) in [7, 11) is 0. The second-order valence-electron chi connectivity index (χ2n) is 3.72. The number of allylic oxidation sites excluding steroid dienone is 5. The van der Waals surface area contributed by atoms with Crippen LogP contribution in [0.4, 0.5) is 0 Å². The first-order chi connectivity index (χ1) is 5.75. The lowest BCUT2D eigenvalue weighted by molar-refractivity contribution is 0.702. The molecule has 0 aromatic carbocycles. The molecule has 1 heterocycles. The minimum Gasteiger partial charge on any atom is -0.363 e. The van der Waals surface area contributed by atoms with Gasteiger partial charge in [-0.25, -0.2) is 0 Å². The highest BCUT2D eigenvalue weighted by atomic mass is 14.9. The Labute approximate surface area is 73.9 Å². The molecule has 1 heteroatoms. The first-order valence-electron chi connectivity index (χ1n) is 4.60. The van der Waals surface area contributed by atoms with Crippen LogP contribution >= 0.6 is 0 Å². The fraction of sp³-hybridized carbons (Fsp3) is 0.455. The van der Waals surface area contributed by atoms with Crippen molar-refractivity contribution >= 4 is 0 Å². The van der Waals surface area contributed by atoms with Gasteiger partial charge in [0.2, 0.25) is 0 Å². The van der Waals surface area contributed by atoms with Crippen molar-refractivity contribution in [1.29, 1.82) is 0 Å². The van der Waals surface area contributed by atoms with Crippen LogP contribution < -0.4 is 5.32 Å². The molecule has 0 atom stereocenters. The quantitative estimate of drug-likeness (QED) is 0.576. The average Bonchev–Trinajstić information content (AvgIpc) is 2.05. The van der Waals surface area contributed by atoms with Crippen molar-refractivity contribution in [2.75, 3.05) is 0 Å². The number of hydrogen-bond donors (Lipinski definition) is 1. The summed E-state index contributed by atoms with van der Waals surface area (Å²) in [4.78, 5) is 0. The highest BCUT2D eigenvalue weighted by Crippen LogP contribution is 2.29. The molecule has 0 aromatic rings. The summed E-state index contributed by atoms with van der Waals surface area (Å²) in [5, 5.41) is 3.38. The molecule has 0 spiro atoms. The summed E-state index contributed by atoms with van der Waals surface area (Å²) in [6.45, 7) is 6.17. The van der Waals surface area contributed by atoms with E-state index in [2.05, 4.69) is 24.9 Å². The first kappa shape index (κ1) is 7.66. The third-order valence-corrected chi connectivity index (χ3v) is 2.60. The molecule has 1 N–H and O–H groups in total. The van der Waals surface area contributed by atoms with Crippen molar-refractivity contribution in [1.82, 2.24) is 5.32 Å². The normalized spacial score (nSPS) is 23.1. The Hall–Kier alpha value is -0.980. The third-order valence-electron chi connectivity index (χ3n) is 2.60. The van der Waals surface area contributed by atoms with E-state index in [-0.39, 0.29) is 0 Å². The van der Waals surface area contributed by atoms with Gasteiger partial charge in [-0.2, -0.15) is 0 Å². The number of hydrogen-bond acceptors (Lipinski definition) is 1. The van der Waals surface area contributed by atoms with Gasteiger partial charge in [-0.1, -0.05) is 18.2 Å². The zero-order chi connectivity index (χ0) is 8.55. The fourth-order valence-corrected chi connectivity index (χ4v) is 1.87. The van der Waals surface area contributed by atoms with Crippen LogP contribution in [0.1, 0.15) is 32.6 Å². The van der Waals surface area contributed by atoms with Gasteiger partial charge in [-0.3, -0.25) is 0 Å². The molecule has 1 nitrogen and oxygen atoms in total. The van der Waals surface area contributed by atoms with E-state index in [0.717, 1.165) is 6.42 Å². The summed E-state index contributed by atoms with van der Waals surface area (Å²) in [6.07, 6.45) is 7.00. The summed E-state index contributed by atoms with van der Waals surface area (Å²) in [5.74, 6) is 0. The zero-order valence-electron chi connectivity index (χ0n) is 7.61. The largest absolute Gasteiger partial charge is 0.363 e. The van der Waals surface area contributed by atoms with Crippen LogP contribution in [0.3, 0.4) is 0 Å². The lowest BCUT2D eigenvalue weighted by atomic mass is 9.91. The standard InChI is InChI=1S/C11H15N/c1-8-3-6-11-10(7-8)5-4-9(2)12-11/h7,12H,2-6H2,1H3. The van der Waals surface area contributed by atoms with Crippen molar-refractivity contribution in [2.45, 2.75) is 32.6 Å². The first-order valence-corrected chi connectivity index (χ1v) is 4.60. The van der Waals surface area contributed by atoms with Crippen molar-refractivity contribution in [3.63, 3.8) is 0 Å². The maximum Gasteiger partial charge on any atom is 0.0184 e. The monoisotopic (exact) mass is 161 g/mol. The van der Waals surface area contributed by atoms with Crippen LogP contribution in [0.15, 0.2) is 35.2 Å². The van der Waals surface area contributed by atoms with E-state index in [1.165, 1.54) is 41.8 Å². The summed E-state index contributed by atoms with van der Waals surface area (Å²) >= 11 is 0. The topological polar surface area (TPSA) is 12.0 Å². The highest BCUT2D eigenvalue weighted by Gasteiger charge is 2.15. The Balaban J connectivity index is 2.27. The molecule has 0 unspecified atom stereocenters. The molecule has 64 valence electrons. The van der Waals surface area contributed by atoms with Crippen LogP contribution in [0.5, 0.6) is 0 Å². The molecule has 0 saturated carbocycles. The molecular weight excluding hydrogens is 146 g/mol. The van der Waals surface area contributed by atoms with Gasteiger partial charge in [0.25, 0.3) is 0 Å². The van der Waals surface area contributed by atoms with Crippen molar-refractivity contribution in [3.05, 3.63) is 35.2 Å². The predicted octanol–water partition coefficient (Wildman–Crippen LogP) is 2.88. The van der Waals surface area contributed by atoms with E-state index in [1.807, 2.05) is 0 Å². The van der Waals surface area contributed by atoms with E-state index in [1.54, 1.807) is 0 Å². The van der Waals surface area contributed by atoms with Gasteiger partial charge in [0.15, 0.2) is 0 Å². The van der Waals surface area contributed by atoms with E-state index >= 15 is 0 Å². The lowest BCUT2D eigenvalue weighted by Crippen LogP contribution is -2.20. The predicted molar refractivity (Wildman–Crippen MR) is 51.5 cm³/mol. The van der Waals surface area contributed by atoms with Gasteiger partial charge in [0, 0.05) is 11.4 Å².